The molecule has 78 valence electrons. The Hall–Kier alpha value is -1.00. The molecule has 0 spiro atoms. The van der Waals surface area contributed by atoms with E-state index in [2.05, 4.69) is 5.73 Å². The second kappa shape index (κ2) is 3.54. The number of fused-ring (bicyclic) bond motifs is 1. The average molecular weight is 240 g/mol. The molecule has 1 aromatic rings. The fourth-order valence-electron chi connectivity index (χ4n) is 1.26. The van der Waals surface area contributed by atoms with Crippen LogP contribution in [0.15, 0.2) is 38.6 Å². The molecule has 0 saturated heterocycles. The van der Waals surface area contributed by atoms with Crippen molar-refractivity contribution in [3.63, 3.8) is 0 Å². The average Bonchev–Trinajstić information content (AvgIpc) is 2.15. The van der Waals surface area contributed by atoms with Crippen molar-refractivity contribution in [1.82, 2.24) is 0 Å². The summed E-state index contributed by atoms with van der Waals surface area (Å²) in [6.45, 7) is 1.89. The first-order valence-corrected chi connectivity index (χ1v) is 6.45. The number of thioether (sulfide) groups is 1. The molecule has 0 atom stereocenters. The lowest BCUT2D eigenvalue weighted by molar-refractivity contribution is 0.483. The predicted octanol–water partition coefficient (Wildman–Crippen LogP) is 2.55. The molecular formula is C10H8O3S2. The van der Waals surface area contributed by atoms with Crippen molar-refractivity contribution in [3.05, 3.63) is 34.4 Å². The van der Waals surface area contributed by atoms with Crippen molar-refractivity contribution >= 4 is 28.0 Å². The molecule has 0 fully saturated rings. The van der Waals surface area contributed by atoms with Crippen molar-refractivity contribution in [2.24, 2.45) is 0 Å². The van der Waals surface area contributed by atoms with Gasteiger partial charge in [0.1, 0.15) is 0 Å². The van der Waals surface area contributed by atoms with E-state index in [1.54, 1.807) is 12.1 Å². The Balaban J connectivity index is 2.57. The van der Waals surface area contributed by atoms with Gasteiger partial charge in [-0.1, -0.05) is 17.8 Å². The maximum atomic E-state index is 10.9. The van der Waals surface area contributed by atoms with Crippen molar-refractivity contribution in [3.8, 4) is 0 Å². The summed E-state index contributed by atoms with van der Waals surface area (Å²) < 4.78 is 30.7. The lowest BCUT2D eigenvalue weighted by atomic mass is 10.2. The molecule has 0 bridgehead atoms. The van der Waals surface area contributed by atoms with Crippen LogP contribution in [0.2, 0.25) is 0 Å². The van der Waals surface area contributed by atoms with Crippen LogP contribution in [0.5, 0.6) is 0 Å². The molecule has 1 aromatic carbocycles. The minimum atomic E-state index is -4.11. The lowest BCUT2D eigenvalue weighted by Gasteiger charge is -2.09. The van der Waals surface area contributed by atoms with E-state index in [1.807, 2.05) is 6.92 Å². The Kier molecular flexibility index (Phi) is 2.48. The summed E-state index contributed by atoms with van der Waals surface area (Å²) in [7, 11) is -4.11. The van der Waals surface area contributed by atoms with E-state index in [0.29, 0.717) is 0 Å². The molecule has 5 heteroatoms. The molecule has 1 heterocycles. The highest BCUT2D eigenvalue weighted by Gasteiger charge is 2.13. The molecule has 3 nitrogen and oxygen atoms in total. The van der Waals surface area contributed by atoms with Gasteiger partial charge in [0.25, 0.3) is 10.1 Å². The van der Waals surface area contributed by atoms with Crippen LogP contribution < -0.4 is 0 Å². The largest absolute Gasteiger partial charge is 0.294 e. The molecule has 1 N–H and O–H groups in total. The molecule has 1 aliphatic heterocycles. The number of benzene rings is 1. The van der Waals surface area contributed by atoms with Crippen LogP contribution in [0.4, 0.5) is 0 Å². The lowest BCUT2D eigenvalue weighted by Crippen LogP contribution is -1.98. The summed E-state index contributed by atoms with van der Waals surface area (Å²) in [6.07, 6.45) is 1.80. The third-order valence-electron chi connectivity index (χ3n) is 1.98. The number of hydrogen-bond donors (Lipinski definition) is 1. The van der Waals surface area contributed by atoms with Gasteiger partial charge in [0.2, 0.25) is 0 Å². The van der Waals surface area contributed by atoms with Gasteiger partial charge in [-0.15, -0.1) is 5.73 Å². The third kappa shape index (κ3) is 2.16. The first-order chi connectivity index (χ1) is 6.97. The minimum absolute atomic E-state index is 0.0724. The van der Waals surface area contributed by atoms with Gasteiger partial charge in [-0.25, -0.2) is 0 Å². The van der Waals surface area contributed by atoms with E-state index in [9.17, 15) is 8.42 Å². The fourth-order valence-corrected chi connectivity index (χ4v) is 2.72. The Morgan fingerprint density at radius 1 is 1.40 bits per heavy atom. The quantitative estimate of drug-likeness (QED) is 0.605. The molecule has 15 heavy (non-hydrogen) atoms. The molecule has 0 amide bonds. The highest BCUT2D eigenvalue weighted by Crippen LogP contribution is 2.34. The molecule has 2 rings (SSSR count). The molecule has 0 aliphatic carbocycles. The van der Waals surface area contributed by atoms with Gasteiger partial charge in [0, 0.05) is 9.80 Å². The zero-order valence-corrected chi connectivity index (χ0v) is 9.52. The van der Waals surface area contributed by atoms with Gasteiger partial charge in [-0.3, -0.25) is 4.55 Å². The standard InChI is InChI=1S/C10H8O3S2/c1-7-2-3-8-4-5-9(15(11,12)13)6-10(8)14-7/h3-6H,1H3,(H,11,12,13). The first-order valence-electron chi connectivity index (χ1n) is 4.19. The van der Waals surface area contributed by atoms with Gasteiger partial charge in [0.05, 0.1) is 4.90 Å². The van der Waals surface area contributed by atoms with Crippen LogP contribution in [-0.2, 0) is 10.1 Å². The van der Waals surface area contributed by atoms with Gasteiger partial charge in [-0.05, 0) is 30.7 Å². The summed E-state index contributed by atoms with van der Waals surface area (Å²) in [5.41, 5.74) is 3.95. The topological polar surface area (TPSA) is 54.4 Å². The third-order valence-corrected chi connectivity index (χ3v) is 3.82. The molecule has 0 unspecified atom stereocenters. The van der Waals surface area contributed by atoms with Gasteiger partial charge in [0.15, 0.2) is 0 Å². The highest BCUT2D eigenvalue weighted by atomic mass is 32.2. The van der Waals surface area contributed by atoms with Crippen molar-refractivity contribution in [2.45, 2.75) is 16.7 Å². The number of rotatable bonds is 1. The van der Waals surface area contributed by atoms with E-state index in [1.165, 1.54) is 23.9 Å². The van der Waals surface area contributed by atoms with Gasteiger partial charge in [-0.2, -0.15) is 8.42 Å². The van der Waals surface area contributed by atoms with Crippen LogP contribution in [0, 0.1) is 0 Å². The van der Waals surface area contributed by atoms with Crippen molar-refractivity contribution in [1.29, 1.82) is 0 Å². The molecule has 0 saturated carbocycles. The Morgan fingerprint density at radius 2 is 2.13 bits per heavy atom. The Labute approximate surface area is 92.3 Å². The normalized spacial score (nSPS) is 14.7. The SMILES string of the molecule is CC1=C=Cc2ccc(S(=O)(=O)O)cc2S1. The molecule has 1 aliphatic rings. The summed E-state index contributed by atoms with van der Waals surface area (Å²) >= 11 is 1.44. The van der Waals surface area contributed by atoms with Crippen molar-refractivity contribution < 1.29 is 13.0 Å². The van der Waals surface area contributed by atoms with E-state index in [0.717, 1.165) is 15.4 Å². The summed E-state index contributed by atoms with van der Waals surface area (Å²) in [6, 6.07) is 4.51. The van der Waals surface area contributed by atoms with E-state index < -0.39 is 10.1 Å². The Morgan fingerprint density at radius 3 is 2.80 bits per heavy atom. The van der Waals surface area contributed by atoms with Crippen LogP contribution in [-0.4, -0.2) is 13.0 Å². The molecule has 0 aromatic heterocycles. The van der Waals surface area contributed by atoms with E-state index in [4.69, 9.17) is 4.55 Å². The van der Waals surface area contributed by atoms with Crippen LogP contribution in [0.1, 0.15) is 12.5 Å². The summed E-state index contributed by atoms with van der Waals surface area (Å²) in [5.74, 6) is 0. The Bertz CT molecular complexity index is 579. The van der Waals surface area contributed by atoms with Crippen molar-refractivity contribution in [2.75, 3.05) is 0 Å². The number of allylic oxidation sites excluding steroid dienone is 1. The van der Waals surface area contributed by atoms with Gasteiger partial charge < -0.3 is 0 Å². The summed E-state index contributed by atoms with van der Waals surface area (Å²) in [4.78, 5) is 1.72. The smallest absolute Gasteiger partial charge is 0.282 e. The minimum Gasteiger partial charge on any atom is -0.282 e. The van der Waals surface area contributed by atoms with E-state index >= 15 is 0 Å². The van der Waals surface area contributed by atoms with Gasteiger partial charge >= 0.3 is 0 Å². The maximum absolute atomic E-state index is 10.9. The zero-order valence-electron chi connectivity index (χ0n) is 7.89. The monoisotopic (exact) mass is 240 g/mol. The number of hydrogen-bond acceptors (Lipinski definition) is 3. The second-order valence-electron chi connectivity index (χ2n) is 3.12. The van der Waals surface area contributed by atoms with Crippen LogP contribution in [0.3, 0.4) is 0 Å². The van der Waals surface area contributed by atoms with E-state index in [-0.39, 0.29) is 4.90 Å². The maximum Gasteiger partial charge on any atom is 0.294 e. The first kappa shape index (κ1) is 10.5. The highest BCUT2D eigenvalue weighted by molar-refractivity contribution is 8.03. The summed E-state index contributed by atoms with van der Waals surface area (Å²) in [5, 5.41) is 0. The fraction of sp³-hybridized carbons (Fsp3) is 0.100. The molecule has 0 radical (unpaired) electrons. The van der Waals surface area contributed by atoms with Crippen LogP contribution >= 0.6 is 11.8 Å². The predicted molar refractivity (Wildman–Crippen MR) is 59.3 cm³/mol. The molecular weight excluding hydrogens is 232 g/mol. The second-order valence-corrected chi connectivity index (χ2v) is 5.80. The van der Waals surface area contributed by atoms with Crippen LogP contribution in [0.25, 0.3) is 6.08 Å². The zero-order chi connectivity index (χ0) is 11.1.